The van der Waals surface area contributed by atoms with E-state index < -0.39 is 10.0 Å². The summed E-state index contributed by atoms with van der Waals surface area (Å²) in [5, 5.41) is 3.32. The maximum absolute atomic E-state index is 12.3. The highest BCUT2D eigenvalue weighted by molar-refractivity contribution is 7.92. The molecule has 0 saturated carbocycles. The first kappa shape index (κ1) is 20.3. The largest absolute Gasteiger partial charge is 0.326 e. The Bertz CT molecular complexity index is 897. The number of anilines is 2. The van der Waals surface area contributed by atoms with Crippen molar-refractivity contribution in [3.05, 3.63) is 58.6 Å². The monoisotopic (exact) mass is 394 g/mol. The summed E-state index contributed by atoms with van der Waals surface area (Å²) >= 11 is 5.96. The van der Waals surface area contributed by atoms with Crippen molar-refractivity contribution >= 4 is 38.9 Å². The highest BCUT2D eigenvalue weighted by Crippen LogP contribution is 2.24. The minimum Gasteiger partial charge on any atom is -0.326 e. The summed E-state index contributed by atoms with van der Waals surface area (Å²) in [7, 11) is -3.50. The zero-order valence-electron chi connectivity index (χ0n) is 15.1. The van der Waals surface area contributed by atoms with Crippen LogP contribution < -0.4 is 9.62 Å². The van der Waals surface area contributed by atoms with Crippen LogP contribution in [0.4, 0.5) is 11.4 Å². The molecule has 0 aliphatic rings. The number of aryl methyl sites for hydroxylation is 2. The van der Waals surface area contributed by atoms with Gasteiger partial charge in [0, 0.05) is 23.7 Å². The fourth-order valence-electron chi connectivity index (χ4n) is 2.66. The smallest absolute Gasteiger partial charge is 0.232 e. The summed E-state index contributed by atoms with van der Waals surface area (Å²) < 4.78 is 25.8. The lowest BCUT2D eigenvalue weighted by atomic mass is 10.1. The Morgan fingerprint density at radius 3 is 2.54 bits per heavy atom. The van der Waals surface area contributed by atoms with Gasteiger partial charge in [0.1, 0.15) is 0 Å². The third-order valence-corrected chi connectivity index (χ3v) is 5.47. The number of para-hydroxylation sites is 1. The Hall–Kier alpha value is -2.05. The van der Waals surface area contributed by atoms with E-state index in [0.29, 0.717) is 22.8 Å². The summed E-state index contributed by atoms with van der Waals surface area (Å²) in [6, 6.07) is 12.6. The van der Waals surface area contributed by atoms with Crippen molar-refractivity contribution in [1.29, 1.82) is 0 Å². The van der Waals surface area contributed by atoms with Gasteiger partial charge < -0.3 is 5.32 Å². The van der Waals surface area contributed by atoms with Gasteiger partial charge in [-0.1, -0.05) is 42.8 Å². The summed E-state index contributed by atoms with van der Waals surface area (Å²) in [5.74, 6) is -0.266. The first-order valence-corrected chi connectivity index (χ1v) is 10.6. The van der Waals surface area contributed by atoms with Crippen molar-refractivity contribution < 1.29 is 13.2 Å². The van der Waals surface area contributed by atoms with E-state index in [0.717, 1.165) is 17.4 Å². The highest BCUT2D eigenvalue weighted by Gasteiger charge is 2.20. The molecule has 5 nitrogen and oxygen atoms in total. The van der Waals surface area contributed by atoms with E-state index in [9.17, 15) is 13.2 Å². The molecule has 2 aromatic rings. The molecule has 0 fully saturated rings. The number of rotatable bonds is 7. The summed E-state index contributed by atoms with van der Waals surface area (Å²) in [4.78, 5) is 12.3. The summed E-state index contributed by atoms with van der Waals surface area (Å²) in [6.07, 6.45) is 1.89. The second-order valence-corrected chi connectivity index (χ2v) is 8.42. The zero-order valence-corrected chi connectivity index (χ0v) is 16.7. The van der Waals surface area contributed by atoms with Crippen LogP contribution in [-0.4, -0.2) is 27.1 Å². The lowest BCUT2D eigenvalue weighted by Crippen LogP contribution is -2.33. The van der Waals surface area contributed by atoms with Gasteiger partial charge in [0.2, 0.25) is 15.9 Å². The molecular weight excluding hydrogens is 372 g/mol. The Balaban J connectivity index is 2.15. The van der Waals surface area contributed by atoms with E-state index in [1.165, 1.54) is 4.31 Å². The van der Waals surface area contributed by atoms with Crippen molar-refractivity contribution in [2.24, 2.45) is 0 Å². The third-order valence-electron chi connectivity index (χ3n) is 4.06. The average Bonchev–Trinajstić information content (AvgIpc) is 2.57. The van der Waals surface area contributed by atoms with Crippen molar-refractivity contribution in [1.82, 2.24) is 0 Å². The van der Waals surface area contributed by atoms with Crippen molar-refractivity contribution in [3.8, 4) is 0 Å². The van der Waals surface area contributed by atoms with Crippen molar-refractivity contribution in [3.63, 3.8) is 0 Å². The predicted octanol–water partition coefficient (Wildman–Crippen LogP) is 4.01. The molecule has 0 spiro atoms. The van der Waals surface area contributed by atoms with Gasteiger partial charge in [0.25, 0.3) is 0 Å². The van der Waals surface area contributed by atoms with Crippen LogP contribution in [0.25, 0.3) is 0 Å². The molecule has 0 bridgehead atoms. The molecule has 0 atom stereocenters. The minimum atomic E-state index is -3.50. The molecule has 0 radical (unpaired) electrons. The summed E-state index contributed by atoms with van der Waals surface area (Å²) in [6.45, 7) is 3.90. The van der Waals surface area contributed by atoms with Crippen LogP contribution in [0.1, 0.15) is 24.5 Å². The molecule has 26 heavy (non-hydrogen) atoms. The molecule has 0 aliphatic carbocycles. The van der Waals surface area contributed by atoms with Gasteiger partial charge in [-0.25, -0.2) is 8.42 Å². The number of hydrogen-bond acceptors (Lipinski definition) is 3. The van der Waals surface area contributed by atoms with Gasteiger partial charge in [-0.05, 0) is 42.7 Å². The standard InChI is InChI=1S/C19H23ClN2O3S/c1-4-15-7-5-6-8-18(15)22(26(3,24)25)12-11-19(23)21-17-13-16(20)10-9-14(17)2/h5-10,13H,4,11-12H2,1-3H3,(H,21,23). The quantitative estimate of drug-likeness (QED) is 0.771. The van der Waals surface area contributed by atoms with Crippen LogP contribution >= 0.6 is 11.6 Å². The number of sulfonamides is 1. The fraction of sp³-hybridized carbons (Fsp3) is 0.316. The SMILES string of the molecule is CCc1ccccc1N(CCC(=O)Nc1cc(Cl)ccc1C)S(C)(=O)=O. The van der Waals surface area contributed by atoms with Gasteiger partial charge >= 0.3 is 0 Å². The number of nitrogens with zero attached hydrogens (tertiary/aromatic N) is 1. The number of carbonyl (C=O) groups excluding carboxylic acids is 1. The molecule has 0 saturated heterocycles. The van der Waals surface area contributed by atoms with E-state index >= 15 is 0 Å². The number of amides is 1. The fourth-order valence-corrected chi connectivity index (χ4v) is 3.79. The second kappa shape index (κ2) is 8.56. The van der Waals surface area contributed by atoms with E-state index in [-0.39, 0.29) is 18.9 Å². The molecule has 2 rings (SSSR count). The van der Waals surface area contributed by atoms with E-state index in [2.05, 4.69) is 5.32 Å². The molecule has 0 aromatic heterocycles. The number of carbonyl (C=O) groups is 1. The van der Waals surface area contributed by atoms with Crippen LogP contribution in [0.5, 0.6) is 0 Å². The number of nitrogens with one attached hydrogen (secondary N) is 1. The second-order valence-electron chi connectivity index (χ2n) is 6.07. The Morgan fingerprint density at radius 1 is 1.19 bits per heavy atom. The van der Waals surface area contributed by atoms with E-state index in [1.807, 2.05) is 32.0 Å². The van der Waals surface area contributed by atoms with Gasteiger partial charge in [0.15, 0.2) is 0 Å². The van der Waals surface area contributed by atoms with Crippen molar-refractivity contribution in [2.75, 3.05) is 22.4 Å². The first-order valence-electron chi connectivity index (χ1n) is 8.34. The molecule has 1 amide bonds. The maximum Gasteiger partial charge on any atom is 0.232 e. The van der Waals surface area contributed by atoms with Gasteiger partial charge in [-0.15, -0.1) is 0 Å². The lowest BCUT2D eigenvalue weighted by molar-refractivity contribution is -0.116. The molecule has 0 aliphatic heterocycles. The highest BCUT2D eigenvalue weighted by atomic mass is 35.5. The molecule has 7 heteroatoms. The average molecular weight is 395 g/mol. The minimum absolute atomic E-state index is 0.0388. The molecule has 140 valence electrons. The van der Waals surface area contributed by atoms with Crippen LogP contribution in [-0.2, 0) is 21.2 Å². The van der Waals surface area contributed by atoms with Crippen molar-refractivity contribution in [2.45, 2.75) is 26.7 Å². The molecule has 0 heterocycles. The third kappa shape index (κ3) is 5.22. The Labute approximate surface area is 160 Å². The van der Waals surface area contributed by atoms with Gasteiger partial charge in [0.05, 0.1) is 11.9 Å². The first-order chi connectivity index (χ1) is 12.2. The molecule has 1 N–H and O–H groups in total. The number of halogens is 1. The topological polar surface area (TPSA) is 66.5 Å². The number of hydrogen-bond donors (Lipinski definition) is 1. The van der Waals surface area contributed by atoms with Crippen LogP contribution in [0.15, 0.2) is 42.5 Å². The van der Waals surface area contributed by atoms with E-state index in [4.69, 9.17) is 11.6 Å². The molecular formula is C19H23ClN2O3S. The zero-order chi connectivity index (χ0) is 19.3. The normalized spacial score (nSPS) is 11.2. The van der Waals surface area contributed by atoms with Gasteiger partial charge in [-0.3, -0.25) is 9.10 Å². The Morgan fingerprint density at radius 2 is 1.88 bits per heavy atom. The molecule has 2 aromatic carbocycles. The van der Waals surface area contributed by atoms with Crippen LogP contribution in [0, 0.1) is 6.92 Å². The lowest BCUT2D eigenvalue weighted by Gasteiger charge is -2.24. The summed E-state index contributed by atoms with van der Waals surface area (Å²) in [5.41, 5.74) is 3.05. The van der Waals surface area contributed by atoms with Crippen LogP contribution in [0.3, 0.4) is 0 Å². The van der Waals surface area contributed by atoms with Gasteiger partial charge in [-0.2, -0.15) is 0 Å². The number of benzene rings is 2. The van der Waals surface area contributed by atoms with Crippen LogP contribution in [0.2, 0.25) is 5.02 Å². The molecule has 0 unspecified atom stereocenters. The predicted molar refractivity (Wildman–Crippen MR) is 107 cm³/mol. The van der Waals surface area contributed by atoms with E-state index in [1.54, 1.807) is 24.3 Å². The maximum atomic E-state index is 12.3. The Kier molecular flexibility index (Phi) is 6.67.